The average molecular weight is 471 g/mol. The van der Waals surface area contributed by atoms with E-state index in [0.29, 0.717) is 38.8 Å². The van der Waals surface area contributed by atoms with Gasteiger partial charge in [0.2, 0.25) is 17.7 Å². The molecule has 1 atom stereocenters. The molecule has 1 saturated carbocycles. The molecule has 3 rings (SSSR count). The van der Waals surface area contributed by atoms with Gasteiger partial charge in [0, 0.05) is 39.1 Å². The van der Waals surface area contributed by atoms with Gasteiger partial charge in [0.15, 0.2) is 0 Å². The van der Waals surface area contributed by atoms with Crippen LogP contribution in [0.5, 0.6) is 0 Å². The number of carbonyl (C=O) groups is 3. The molecule has 0 spiro atoms. The van der Waals surface area contributed by atoms with Gasteiger partial charge in [-0.25, -0.2) is 0 Å². The van der Waals surface area contributed by atoms with E-state index >= 15 is 0 Å². The molecule has 8 heteroatoms. The van der Waals surface area contributed by atoms with E-state index in [1.165, 1.54) is 15.9 Å². The first-order valence-electron chi connectivity index (χ1n) is 12.2. The fourth-order valence-corrected chi connectivity index (χ4v) is 4.45. The summed E-state index contributed by atoms with van der Waals surface area (Å²) in [6.07, 6.45) is 8.06. The number of aliphatic hydroxyl groups is 1. The summed E-state index contributed by atoms with van der Waals surface area (Å²) < 4.78 is 0. The first kappa shape index (κ1) is 25.9. The van der Waals surface area contributed by atoms with E-state index in [1.54, 1.807) is 25.1 Å². The number of rotatable bonds is 9. The van der Waals surface area contributed by atoms with Crippen LogP contribution in [-0.2, 0) is 20.8 Å². The summed E-state index contributed by atoms with van der Waals surface area (Å²) in [5, 5.41) is 9.80. The Morgan fingerprint density at radius 2 is 1.82 bits per heavy atom. The number of hydrogen-bond donors (Lipinski definition) is 2. The second-order valence-corrected chi connectivity index (χ2v) is 9.78. The van der Waals surface area contributed by atoms with Crippen molar-refractivity contribution in [2.75, 3.05) is 33.7 Å². The van der Waals surface area contributed by atoms with Crippen molar-refractivity contribution >= 4 is 17.7 Å². The average Bonchev–Trinajstić information content (AvgIpc) is 2.81. The standard InChI is InChI=1S/C26H38N4O4/c1-28(23(32)10-6-13-26(27)14-7-15-26)19-24(33)29(2)22(18-20-8-4-3-5-9-20)25(34)30-16-11-21(31)12-17-30/h3-6,8-10,21-22,31H,7,11-19,27H2,1-2H3/b10-6+. The van der Waals surface area contributed by atoms with Crippen LogP contribution in [0.2, 0.25) is 0 Å². The van der Waals surface area contributed by atoms with Crippen molar-refractivity contribution in [3.8, 4) is 0 Å². The number of likely N-dealkylation sites (tertiary alicyclic amines) is 1. The predicted molar refractivity (Wildman–Crippen MR) is 131 cm³/mol. The molecular formula is C26H38N4O4. The summed E-state index contributed by atoms with van der Waals surface area (Å²) in [5.41, 5.74) is 6.95. The Bertz CT molecular complexity index is 876. The van der Waals surface area contributed by atoms with Crippen molar-refractivity contribution in [1.82, 2.24) is 14.7 Å². The van der Waals surface area contributed by atoms with Gasteiger partial charge in [-0.15, -0.1) is 0 Å². The van der Waals surface area contributed by atoms with Crippen molar-refractivity contribution < 1.29 is 19.5 Å². The molecule has 0 radical (unpaired) electrons. The first-order chi connectivity index (χ1) is 16.2. The largest absolute Gasteiger partial charge is 0.393 e. The molecule has 1 saturated heterocycles. The van der Waals surface area contributed by atoms with Crippen LogP contribution in [0.25, 0.3) is 0 Å². The van der Waals surface area contributed by atoms with E-state index in [0.717, 1.165) is 24.8 Å². The summed E-state index contributed by atoms with van der Waals surface area (Å²) >= 11 is 0. The fraction of sp³-hybridized carbons (Fsp3) is 0.577. The molecule has 1 aromatic carbocycles. The molecule has 186 valence electrons. The van der Waals surface area contributed by atoms with Gasteiger partial charge in [-0.05, 0) is 50.2 Å². The van der Waals surface area contributed by atoms with Crippen molar-refractivity contribution in [1.29, 1.82) is 0 Å². The normalized spacial score (nSPS) is 18.9. The molecule has 34 heavy (non-hydrogen) atoms. The van der Waals surface area contributed by atoms with Crippen LogP contribution in [0.1, 0.15) is 44.1 Å². The summed E-state index contributed by atoms with van der Waals surface area (Å²) in [4.78, 5) is 43.5. The van der Waals surface area contributed by atoms with Crippen LogP contribution in [-0.4, -0.2) is 88.9 Å². The van der Waals surface area contributed by atoms with Crippen molar-refractivity contribution in [3.05, 3.63) is 48.0 Å². The molecule has 1 aliphatic carbocycles. The van der Waals surface area contributed by atoms with Crippen LogP contribution in [0, 0.1) is 0 Å². The second kappa shape index (κ2) is 11.6. The van der Waals surface area contributed by atoms with Gasteiger partial charge < -0.3 is 25.5 Å². The van der Waals surface area contributed by atoms with Gasteiger partial charge >= 0.3 is 0 Å². The molecular weight excluding hydrogens is 432 g/mol. The number of likely N-dealkylation sites (N-methyl/N-ethyl adjacent to an activating group) is 2. The van der Waals surface area contributed by atoms with Crippen LogP contribution in [0.4, 0.5) is 0 Å². The molecule has 0 aromatic heterocycles. The second-order valence-electron chi connectivity index (χ2n) is 9.78. The van der Waals surface area contributed by atoms with E-state index < -0.39 is 6.04 Å². The Morgan fingerprint density at radius 1 is 1.18 bits per heavy atom. The number of hydrogen-bond acceptors (Lipinski definition) is 5. The van der Waals surface area contributed by atoms with E-state index in [9.17, 15) is 19.5 Å². The van der Waals surface area contributed by atoms with Crippen LogP contribution >= 0.6 is 0 Å². The number of nitrogens with zero attached hydrogens (tertiary/aromatic N) is 3. The van der Waals surface area contributed by atoms with E-state index in [2.05, 4.69) is 0 Å². The SMILES string of the molecule is CN(CC(=O)N(C)C(Cc1ccccc1)C(=O)N1CCC(O)CC1)C(=O)/C=C/CC1(N)CCC1. The Balaban J connectivity index is 1.63. The van der Waals surface area contributed by atoms with Gasteiger partial charge in [-0.1, -0.05) is 36.4 Å². The van der Waals surface area contributed by atoms with E-state index in [1.807, 2.05) is 30.3 Å². The molecule has 3 N–H and O–H groups in total. The minimum atomic E-state index is -0.681. The maximum Gasteiger partial charge on any atom is 0.246 e. The molecule has 1 aliphatic heterocycles. The molecule has 2 aliphatic rings. The number of benzene rings is 1. The lowest BCUT2D eigenvalue weighted by Crippen LogP contribution is -2.54. The van der Waals surface area contributed by atoms with Gasteiger partial charge in [0.1, 0.15) is 6.04 Å². The first-order valence-corrected chi connectivity index (χ1v) is 12.2. The number of carbonyl (C=O) groups excluding carboxylic acids is 3. The highest BCUT2D eigenvalue weighted by Gasteiger charge is 2.33. The zero-order valence-corrected chi connectivity index (χ0v) is 20.4. The number of aliphatic hydroxyl groups excluding tert-OH is 1. The Hall–Kier alpha value is -2.71. The molecule has 3 amide bonds. The smallest absolute Gasteiger partial charge is 0.246 e. The summed E-state index contributed by atoms with van der Waals surface area (Å²) in [7, 11) is 3.20. The summed E-state index contributed by atoms with van der Waals surface area (Å²) in [6.45, 7) is 0.822. The van der Waals surface area contributed by atoms with Crippen molar-refractivity contribution in [2.45, 2.75) is 62.6 Å². The maximum atomic E-state index is 13.4. The minimum absolute atomic E-state index is 0.120. The molecule has 1 unspecified atom stereocenters. The number of nitrogens with two attached hydrogens (primary N) is 1. The summed E-state index contributed by atoms with van der Waals surface area (Å²) in [6, 6.07) is 8.91. The third kappa shape index (κ3) is 6.90. The molecule has 2 fully saturated rings. The monoisotopic (exact) mass is 470 g/mol. The maximum absolute atomic E-state index is 13.4. The van der Waals surface area contributed by atoms with Crippen LogP contribution in [0.15, 0.2) is 42.5 Å². The lowest BCUT2D eigenvalue weighted by molar-refractivity contribution is -0.147. The lowest BCUT2D eigenvalue weighted by Gasteiger charge is -2.37. The topological polar surface area (TPSA) is 107 Å². The Labute approximate surface area is 202 Å². The Kier molecular flexibility index (Phi) is 8.85. The fourth-order valence-electron chi connectivity index (χ4n) is 4.45. The predicted octanol–water partition coefficient (Wildman–Crippen LogP) is 1.33. The van der Waals surface area contributed by atoms with Crippen molar-refractivity contribution in [3.63, 3.8) is 0 Å². The van der Waals surface area contributed by atoms with Crippen molar-refractivity contribution in [2.24, 2.45) is 5.73 Å². The quantitative estimate of drug-likeness (QED) is 0.530. The van der Waals surface area contributed by atoms with Gasteiger partial charge in [0.05, 0.1) is 12.6 Å². The van der Waals surface area contributed by atoms with E-state index in [4.69, 9.17) is 5.73 Å². The zero-order chi connectivity index (χ0) is 24.7. The number of amides is 3. The molecule has 0 bridgehead atoms. The highest BCUT2D eigenvalue weighted by molar-refractivity contribution is 5.93. The van der Waals surface area contributed by atoms with Crippen LogP contribution in [0.3, 0.4) is 0 Å². The van der Waals surface area contributed by atoms with E-state index in [-0.39, 0.29) is 35.9 Å². The van der Waals surface area contributed by atoms with Gasteiger partial charge in [-0.3, -0.25) is 14.4 Å². The Morgan fingerprint density at radius 3 is 2.41 bits per heavy atom. The third-order valence-electron chi connectivity index (χ3n) is 7.08. The minimum Gasteiger partial charge on any atom is -0.393 e. The zero-order valence-electron chi connectivity index (χ0n) is 20.4. The summed E-state index contributed by atoms with van der Waals surface area (Å²) in [5.74, 6) is -0.695. The lowest BCUT2D eigenvalue weighted by atomic mass is 9.75. The van der Waals surface area contributed by atoms with Crippen LogP contribution < -0.4 is 5.73 Å². The highest BCUT2D eigenvalue weighted by Crippen LogP contribution is 2.32. The highest BCUT2D eigenvalue weighted by atomic mass is 16.3. The molecule has 1 heterocycles. The molecule has 8 nitrogen and oxygen atoms in total. The molecule has 1 aromatic rings. The number of piperidine rings is 1. The van der Waals surface area contributed by atoms with Gasteiger partial charge in [-0.2, -0.15) is 0 Å². The third-order valence-corrected chi connectivity index (χ3v) is 7.08. The van der Waals surface area contributed by atoms with Gasteiger partial charge in [0.25, 0.3) is 0 Å².